The van der Waals surface area contributed by atoms with Crippen LogP contribution in [0, 0.1) is 12.8 Å². The average molecular weight is 299 g/mol. The van der Waals surface area contributed by atoms with Crippen molar-refractivity contribution in [1.29, 1.82) is 0 Å². The summed E-state index contributed by atoms with van der Waals surface area (Å²) in [5, 5.41) is 0. The summed E-state index contributed by atoms with van der Waals surface area (Å²) in [6, 6.07) is 6.95. The van der Waals surface area contributed by atoms with E-state index in [-0.39, 0.29) is 6.54 Å². The first kappa shape index (κ1) is 15.4. The third-order valence-corrected chi connectivity index (χ3v) is 5.30. The van der Waals surface area contributed by atoms with Gasteiger partial charge in [0.15, 0.2) is 6.29 Å². The van der Waals surface area contributed by atoms with Crippen LogP contribution in [0.2, 0.25) is 0 Å². The Hall–Kier alpha value is -0.950. The molecular weight excluding hydrogens is 278 g/mol. The number of hydrogen-bond donors (Lipinski definition) is 0. The highest BCUT2D eigenvalue weighted by Gasteiger charge is 2.27. The lowest BCUT2D eigenvalue weighted by Crippen LogP contribution is -2.41. The number of likely N-dealkylation sites (N-methyl/N-ethyl adjacent to an activating group) is 1. The van der Waals surface area contributed by atoms with Crippen LogP contribution < -0.4 is 0 Å². The van der Waals surface area contributed by atoms with Crippen LogP contribution in [0.5, 0.6) is 0 Å². The summed E-state index contributed by atoms with van der Waals surface area (Å²) >= 11 is 0. The summed E-state index contributed by atoms with van der Waals surface area (Å²) in [7, 11) is -1.96. The Labute approximate surface area is 120 Å². The third-order valence-electron chi connectivity index (χ3n) is 3.32. The lowest BCUT2D eigenvalue weighted by molar-refractivity contribution is -0.199. The maximum atomic E-state index is 12.5. The van der Waals surface area contributed by atoms with Crippen molar-refractivity contribution in [3.63, 3.8) is 0 Å². The van der Waals surface area contributed by atoms with Gasteiger partial charge in [0.05, 0.1) is 24.7 Å². The van der Waals surface area contributed by atoms with Gasteiger partial charge in [0.2, 0.25) is 10.0 Å². The van der Waals surface area contributed by atoms with Crippen molar-refractivity contribution in [2.24, 2.45) is 5.92 Å². The third kappa shape index (κ3) is 3.38. The van der Waals surface area contributed by atoms with Crippen LogP contribution in [-0.2, 0) is 19.5 Å². The van der Waals surface area contributed by atoms with Crippen LogP contribution in [-0.4, -0.2) is 45.8 Å². The van der Waals surface area contributed by atoms with E-state index < -0.39 is 16.3 Å². The minimum atomic E-state index is -3.51. The molecule has 5 nitrogen and oxygen atoms in total. The molecule has 112 valence electrons. The lowest BCUT2D eigenvalue weighted by Gasteiger charge is -2.30. The first-order valence-corrected chi connectivity index (χ1v) is 8.10. The highest BCUT2D eigenvalue weighted by atomic mass is 32.2. The second-order valence-electron chi connectivity index (χ2n) is 5.25. The van der Waals surface area contributed by atoms with Gasteiger partial charge in [-0.3, -0.25) is 0 Å². The predicted molar refractivity (Wildman–Crippen MR) is 75.9 cm³/mol. The molecule has 0 amide bonds. The molecule has 0 unspecified atom stereocenters. The lowest BCUT2D eigenvalue weighted by atomic mass is 10.2. The number of hydrogen-bond acceptors (Lipinski definition) is 4. The first-order chi connectivity index (χ1) is 9.41. The van der Waals surface area contributed by atoms with Crippen LogP contribution in [0.3, 0.4) is 0 Å². The second kappa shape index (κ2) is 6.22. The van der Waals surface area contributed by atoms with E-state index in [1.54, 1.807) is 32.2 Å². The van der Waals surface area contributed by atoms with E-state index in [0.717, 1.165) is 5.56 Å². The fraction of sp³-hybridized carbons (Fsp3) is 0.571. The molecule has 0 aliphatic carbocycles. The van der Waals surface area contributed by atoms with Crippen LogP contribution in [0.4, 0.5) is 0 Å². The quantitative estimate of drug-likeness (QED) is 0.848. The topological polar surface area (TPSA) is 55.8 Å². The van der Waals surface area contributed by atoms with Crippen LogP contribution in [0.1, 0.15) is 12.5 Å². The first-order valence-electron chi connectivity index (χ1n) is 6.66. The summed E-state index contributed by atoms with van der Waals surface area (Å²) in [5.74, 6) is 0.351. The highest BCUT2D eigenvalue weighted by Crippen LogP contribution is 2.20. The van der Waals surface area contributed by atoms with Gasteiger partial charge in [0, 0.05) is 13.0 Å². The molecular formula is C14H21NO4S. The number of nitrogens with zero attached hydrogens (tertiary/aromatic N) is 1. The molecule has 20 heavy (non-hydrogen) atoms. The molecule has 1 fully saturated rings. The Bertz CT molecular complexity index is 550. The van der Waals surface area contributed by atoms with Crippen molar-refractivity contribution in [1.82, 2.24) is 4.31 Å². The van der Waals surface area contributed by atoms with Gasteiger partial charge < -0.3 is 9.47 Å². The zero-order chi connectivity index (χ0) is 14.8. The van der Waals surface area contributed by atoms with Crippen molar-refractivity contribution < 1.29 is 17.9 Å². The predicted octanol–water partition coefficient (Wildman–Crippen LogP) is 1.62. The Morgan fingerprint density at radius 2 is 1.85 bits per heavy atom. The summed E-state index contributed by atoms with van der Waals surface area (Å²) in [4.78, 5) is 0.326. The number of ether oxygens (including phenoxy) is 2. The van der Waals surface area contributed by atoms with Gasteiger partial charge in [-0.25, -0.2) is 8.42 Å². The van der Waals surface area contributed by atoms with Crippen molar-refractivity contribution in [2.45, 2.75) is 25.0 Å². The normalized spacial score (nSPS) is 24.0. The maximum Gasteiger partial charge on any atom is 0.243 e. The van der Waals surface area contributed by atoms with Gasteiger partial charge in [-0.2, -0.15) is 4.31 Å². The Kier molecular flexibility index (Phi) is 4.80. The Morgan fingerprint density at radius 3 is 2.45 bits per heavy atom. The summed E-state index contributed by atoms with van der Waals surface area (Å²) in [6.07, 6.45) is -0.491. The molecule has 1 heterocycles. The van der Waals surface area contributed by atoms with Crippen LogP contribution in [0.25, 0.3) is 0 Å². The second-order valence-corrected chi connectivity index (χ2v) is 7.27. The minimum absolute atomic E-state index is 0.198. The van der Waals surface area contributed by atoms with Crippen molar-refractivity contribution >= 4 is 10.0 Å². The Morgan fingerprint density at radius 1 is 1.25 bits per heavy atom. The van der Waals surface area contributed by atoms with Crippen molar-refractivity contribution in [3.8, 4) is 0 Å². The fourth-order valence-corrected chi connectivity index (χ4v) is 3.45. The molecule has 1 aliphatic heterocycles. The van der Waals surface area contributed by atoms with E-state index in [1.807, 2.05) is 13.0 Å². The molecule has 1 aromatic carbocycles. The smallest absolute Gasteiger partial charge is 0.243 e. The maximum absolute atomic E-state index is 12.5. The molecule has 0 N–H and O–H groups in total. The molecule has 1 aromatic rings. The average Bonchev–Trinajstić information content (AvgIpc) is 2.41. The minimum Gasteiger partial charge on any atom is -0.351 e. The molecule has 6 heteroatoms. The zero-order valence-corrected chi connectivity index (χ0v) is 12.9. The molecule has 2 rings (SSSR count). The fourth-order valence-electron chi connectivity index (χ4n) is 2.07. The monoisotopic (exact) mass is 299 g/mol. The summed E-state index contributed by atoms with van der Waals surface area (Å²) < 4.78 is 37.3. The van der Waals surface area contributed by atoms with E-state index in [2.05, 4.69) is 0 Å². The largest absolute Gasteiger partial charge is 0.351 e. The van der Waals surface area contributed by atoms with Crippen molar-refractivity contribution in [3.05, 3.63) is 29.8 Å². The standard InChI is InChI=1S/C14H21NO4S/c1-11-9-18-14(19-10-11)8-15(3)20(16,17)13-7-5-4-6-12(13)2/h4-7,11,14H,8-10H2,1-3H3. The van der Waals surface area contributed by atoms with E-state index in [0.29, 0.717) is 24.0 Å². The van der Waals surface area contributed by atoms with Gasteiger partial charge in [0.1, 0.15) is 0 Å². The van der Waals surface area contributed by atoms with Crippen LogP contribution in [0.15, 0.2) is 29.2 Å². The van der Waals surface area contributed by atoms with E-state index in [1.165, 1.54) is 4.31 Å². The summed E-state index contributed by atoms with van der Waals surface area (Å²) in [6.45, 7) is 5.22. The van der Waals surface area contributed by atoms with Crippen LogP contribution >= 0.6 is 0 Å². The van der Waals surface area contributed by atoms with E-state index in [4.69, 9.17) is 9.47 Å². The van der Waals surface area contributed by atoms with Gasteiger partial charge in [0.25, 0.3) is 0 Å². The molecule has 0 bridgehead atoms. The molecule has 0 atom stereocenters. The SMILES string of the molecule is Cc1ccccc1S(=O)(=O)N(C)CC1OCC(C)CO1. The number of benzene rings is 1. The molecule has 0 aromatic heterocycles. The zero-order valence-electron chi connectivity index (χ0n) is 12.1. The molecule has 1 saturated heterocycles. The highest BCUT2D eigenvalue weighted by molar-refractivity contribution is 7.89. The molecule has 1 aliphatic rings. The van der Waals surface area contributed by atoms with Gasteiger partial charge in [-0.05, 0) is 18.6 Å². The van der Waals surface area contributed by atoms with Gasteiger partial charge >= 0.3 is 0 Å². The number of aryl methyl sites for hydroxylation is 1. The van der Waals surface area contributed by atoms with E-state index in [9.17, 15) is 8.42 Å². The van der Waals surface area contributed by atoms with Crippen molar-refractivity contribution in [2.75, 3.05) is 26.8 Å². The van der Waals surface area contributed by atoms with Gasteiger partial charge in [-0.1, -0.05) is 25.1 Å². The molecule has 0 spiro atoms. The van der Waals surface area contributed by atoms with E-state index >= 15 is 0 Å². The van der Waals surface area contributed by atoms with Gasteiger partial charge in [-0.15, -0.1) is 0 Å². The molecule has 0 radical (unpaired) electrons. The summed E-state index contributed by atoms with van der Waals surface area (Å²) in [5.41, 5.74) is 0.735. The number of rotatable bonds is 4. The molecule has 0 saturated carbocycles. The number of sulfonamides is 1. The Balaban J connectivity index is 2.08.